The second kappa shape index (κ2) is 15.5. The Morgan fingerprint density at radius 3 is 2.08 bits per heavy atom. The van der Waals surface area contributed by atoms with Crippen LogP contribution in [-0.2, 0) is 5.60 Å². The van der Waals surface area contributed by atoms with Crippen molar-refractivity contribution in [3.05, 3.63) is 150 Å². The summed E-state index contributed by atoms with van der Waals surface area (Å²) in [7, 11) is 0. The Bertz CT molecular complexity index is 2160. The van der Waals surface area contributed by atoms with Gasteiger partial charge in [0.05, 0.1) is 11.1 Å². The van der Waals surface area contributed by atoms with Crippen molar-refractivity contribution >= 4 is 39.6 Å². The van der Waals surface area contributed by atoms with Gasteiger partial charge in [0, 0.05) is 27.9 Å². The smallest absolute Gasteiger partial charge is 0.343 e. The Balaban J connectivity index is 1.33. The number of aliphatic hydroxyl groups is 1. The van der Waals surface area contributed by atoms with E-state index < -0.39 is 17.5 Å². The van der Waals surface area contributed by atoms with Gasteiger partial charge in [-0.1, -0.05) is 73.5 Å². The molecule has 2 bridgehead atoms. The summed E-state index contributed by atoms with van der Waals surface area (Å²) >= 11 is 1.49. The monoisotopic (exact) mass is 695 g/mol. The first-order valence-corrected chi connectivity index (χ1v) is 18.0. The van der Waals surface area contributed by atoms with E-state index in [1.165, 1.54) is 11.3 Å². The molecule has 256 valence electrons. The van der Waals surface area contributed by atoms with E-state index in [2.05, 4.69) is 4.99 Å². The van der Waals surface area contributed by atoms with Crippen LogP contribution in [0, 0.1) is 0 Å². The average molecular weight is 696 g/mol. The molecule has 0 radical (unpaired) electrons. The van der Waals surface area contributed by atoms with Crippen molar-refractivity contribution in [3.63, 3.8) is 0 Å². The van der Waals surface area contributed by atoms with Crippen LogP contribution in [0.4, 0.5) is 0 Å². The number of hydrogen-bond acceptors (Lipinski definition) is 8. The number of fused-ring (bicyclic) bond motifs is 12. The Kier molecular flexibility index (Phi) is 10.3. The van der Waals surface area contributed by atoms with Crippen molar-refractivity contribution in [1.82, 2.24) is 0 Å². The molecule has 8 rings (SSSR count). The summed E-state index contributed by atoms with van der Waals surface area (Å²) in [5.74, 6) is 0.574. The Morgan fingerprint density at radius 2 is 1.37 bits per heavy atom. The summed E-state index contributed by atoms with van der Waals surface area (Å²) in [6, 6.07) is 38.3. The van der Waals surface area contributed by atoms with Gasteiger partial charge in [0.2, 0.25) is 0 Å². The zero-order chi connectivity index (χ0) is 35.0. The van der Waals surface area contributed by atoms with Crippen LogP contribution in [0.25, 0.3) is 20.5 Å². The Hall–Kier alpha value is -5.57. The Morgan fingerprint density at radius 1 is 0.706 bits per heavy atom. The highest BCUT2D eigenvalue weighted by Crippen LogP contribution is 2.50. The predicted octanol–water partition coefficient (Wildman–Crippen LogP) is 9.66. The molecule has 1 unspecified atom stereocenters. The van der Waals surface area contributed by atoms with Crippen LogP contribution in [0.3, 0.4) is 0 Å². The SMILES string of the molecule is O=C(Oc1cccc(-c2sc3cc(OC(=O)c4ccccc4)ccc3c2C2(O)CCCCCCN=CCOc3ccc2cc3)c1)c1ccccc1. The second-order valence-corrected chi connectivity index (χ2v) is 13.5. The lowest BCUT2D eigenvalue weighted by Crippen LogP contribution is -2.28. The number of rotatable bonds is 6. The minimum absolute atomic E-state index is 0.380. The number of carbonyl (C=O) groups is 2. The standard InChI is InChI=1S/C43H37NO6S/c45-41(30-12-5-3-6-13-30)49-35-17-11-16-32(28-35)40-39(37-23-22-36(29-38(37)51-40)50-42(46)31-14-7-4-8-15-31)43(47)24-9-1-2-10-25-44-26-27-48-34-20-18-33(43)19-21-34/h3-8,11-23,26,28-29,47H,1-2,9-10,24-25,27H2. The first kappa shape index (κ1) is 33.9. The number of hydrogen-bond donors (Lipinski definition) is 1. The fourth-order valence-corrected chi connectivity index (χ4v) is 7.69. The zero-order valence-electron chi connectivity index (χ0n) is 28.0. The highest BCUT2D eigenvalue weighted by molar-refractivity contribution is 7.22. The molecular formula is C43H37NO6S. The van der Waals surface area contributed by atoms with E-state index in [0.29, 0.717) is 41.4 Å². The van der Waals surface area contributed by atoms with E-state index in [1.54, 1.807) is 60.7 Å². The van der Waals surface area contributed by atoms with Gasteiger partial charge in [-0.25, -0.2) is 9.59 Å². The fourth-order valence-electron chi connectivity index (χ4n) is 6.39. The van der Waals surface area contributed by atoms with Gasteiger partial charge in [0.15, 0.2) is 0 Å². The third kappa shape index (κ3) is 7.77. The third-order valence-electron chi connectivity index (χ3n) is 8.97. The van der Waals surface area contributed by atoms with Crippen molar-refractivity contribution in [3.8, 4) is 27.7 Å². The molecule has 7 nitrogen and oxygen atoms in total. The molecule has 0 saturated heterocycles. The Labute approximate surface area is 300 Å². The first-order chi connectivity index (χ1) is 25.0. The first-order valence-electron chi connectivity index (χ1n) is 17.1. The molecule has 0 spiro atoms. The lowest BCUT2D eigenvalue weighted by Gasteiger charge is -2.31. The molecule has 6 aromatic rings. The van der Waals surface area contributed by atoms with E-state index in [4.69, 9.17) is 14.2 Å². The molecule has 2 aliphatic heterocycles. The van der Waals surface area contributed by atoms with Gasteiger partial charge in [-0.05, 0) is 103 Å². The van der Waals surface area contributed by atoms with Crippen LogP contribution in [-0.4, -0.2) is 36.4 Å². The molecule has 8 heteroatoms. The maximum absolute atomic E-state index is 13.1. The third-order valence-corrected chi connectivity index (χ3v) is 10.2. The molecule has 2 aliphatic rings. The van der Waals surface area contributed by atoms with Crippen LogP contribution in [0.1, 0.15) is 63.9 Å². The molecule has 51 heavy (non-hydrogen) atoms. The van der Waals surface area contributed by atoms with Crippen molar-refractivity contribution < 1.29 is 28.9 Å². The number of thiophene rings is 1. The van der Waals surface area contributed by atoms with Crippen molar-refractivity contribution in [1.29, 1.82) is 0 Å². The molecule has 1 atom stereocenters. The lowest BCUT2D eigenvalue weighted by molar-refractivity contribution is 0.0699. The van der Waals surface area contributed by atoms with Crippen molar-refractivity contribution in [2.75, 3.05) is 13.2 Å². The van der Waals surface area contributed by atoms with E-state index >= 15 is 0 Å². The average Bonchev–Trinajstić information content (AvgIpc) is 3.55. The summed E-state index contributed by atoms with van der Waals surface area (Å²) < 4.78 is 18.4. The molecule has 5 aromatic carbocycles. The largest absolute Gasteiger partial charge is 0.488 e. The van der Waals surface area contributed by atoms with Crippen LogP contribution in [0.15, 0.2) is 132 Å². The summed E-state index contributed by atoms with van der Waals surface area (Å²) in [6.07, 6.45) is 5.97. The van der Waals surface area contributed by atoms with Gasteiger partial charge in [-0.15, -0.1) is 11.3 Å². The van der Waals surface area contributed by atoms with Crippen LogP contribution >= 0.6 is 11.3 Å². The van der Waals surface area contributed by atoms with E-state index in [1.807, 2.05) is 72.9 Å². The quantitative estimate of drug-likeness (QED) is 0.138. The lowest BCUT2D eigenvalue weighted by atomic mass is 9.79. The van der Waals surface area contributed by atoms with Gasteiger partial charge in [0.25, 0.3) is 0 Å². The summed E-state index contributed by atoms with van der Waals surface area (Å²) in [5, 5.41) is 13.9. The number of ether oxygens (including phenoxy) is 3. The van der Waals surface area contributed by atoms with Gasteiger partial charge in [0.1, 0.15) is 29.5 Å². The minimum Gasteiger partial charge on any atom is -0.488 e. The number of nitrogens with zero attached hydrogens (tertiary/aromatic N) is 1. The maximum Gasteiger partial charge on any atom is 0.343 e. The molecule has 1 aromatic heterocycles. The predicted molar refractivity (Wildman–Crippen MR) is 201 cm³/mol. The van der Waals surface area contributed by atoms with E-state index in [0.717, 1.165) is 63.9 Å². The summed E-state index contributed by atoms with van der Waals surface area (Å²) in [5.41, 5.74) is 1.79. The molecule has 3 heterocycles. The number of esters is 2. The zero-order valence-corrected chi connectivity index (χ0v) is 28.8. The minimum atomic E-state index is -1.39. The highest BCUT2D eigenvalue weighted by atomic mass is 32.1. The van der Waals surface area contributed by atoms with Crippen molar-refractivity contribution in [2.45, 2.75) is 37.7 Å². The van der Waals surface area contributed by atoms with Gasteiger partial charge in [-0.3, -0.25) is 4.99 Å². The fraction of sp³-hybridized carbons (Fsp3) is 0.186. The normalized spacial score (nSPS) is 16.5. The van der Waals surface area contributed by atoms with Gasteiger partial charge in [-0.2, -0.15) is 0 Å². The summed E-state index contributed by atoms with van der Waals surface area (Å²) in [6.45, 7) is 1.12. The van der Waals surface area contributed by atoms with Crippen LogP contribution in [0.2, 0.25) is 0 Å². The molecule has 0 amide bonds. The molecule has 0 aliphatic carbocycles. The number of carbonyl (C=O) groups excluding carboxylic acids is 2. The molecule has 1 N–H and O–H groups in total. The van der Waals surface area contributed by atoms with Crippen LogP contribution < -0.4 is 14.2 Å². The molecular weight excluding hydrogens is 659 g/mol. The number of benzene rings is 5. The van der Waals surface area contributed by atoms with E-state index in [9.17, 15) is 14.7 Å². The number of aliphatic imine (C=N–C) groups is 1. The summed E-state index contributed by atoms with van der Waals surface area (Å²) in [4.78, 5) is 31.3. The van der Waals surface area contributed by atoms with Gasteiger partial charge >= 0.3 is 11.9 Å². The second-order valence-electron chi connectivity index (χ2n) is 12.5. The molecule has 0 fully saturated rings. The highest BCUT2D eigenvalue weighted by Gasteiger charge is 2.37. The van der Waals surface area contributed by atoms with E-state index in [-0.39, 0.29) is 0 Å². The topological polar surface area (TPSA) is 94.4 Å². The van der Waals surface area contributed by atoms with Gasteiger partial charge < -0.3 is 19.3 Å². The van der Waals surface area contributed by atoms with Crippen molar-refractivity contribution in [2.24, 2.45) is 4.99 Å². The molecule has 0 saturated carbocycles. The maximum atomic E-state index is 13.1. The van der Waals surface area contributed by atoms with Crippen LogP contribution in [0.5, 0.6) is 17.2 Å².